The Kier molecular flexibility index (Phi) is 4.59. The molecule has 1 heterocycles. The Hall–Kier alpha value is -2.34. The first-order valence-corrected chi connectivity index (χ1v) is 6.90. The molecule has 0 bridgehead atoms. The van der Waals surface area contributed by atoms with Crippen molar-refractivity contribution in [3.05, 3.63) is 57.5 Å². The molecule has 2 aromatic rings. The Morgan fingerprint density at radius 2 is 1.90 bits per heavy atom. The van der Waals surface area contributed by atoms with Crippen molar-refractivity contribution < 1.29 is 23.9 Å². The van der Waals surface area contributed by atoms with Gasteiger partial charge in [0.2, 0.25) is 5.78 Å². The van der Waals surface area contributed by atoms with Gasteiger partial charge in [-0.1, -0.05) is 12.1 Å². The molecule has 0 aliphatic heterocycles. The average molecular weight is 306 g/mol. The number of ketones is 2. The lowest BCUT2D eigenvalue weighted by Crippen LogP contribution is -2.16. The highest BCUT2D eigenvalue weighted by molar-refractivity contribution is 7.14. The molecule has 2 rings (SSSR count). The maximum atomic E-state index is 13.1. The van der Waals surface area contributed by atoms with Crippen molar-refractivity contribution in [3.8, 4) is 0 Å². The van der Waals surface area contributed by atoms with Crippen LogP contribution in [0.25, 0.3) is 0 Å². The van der Waals surface area contributed by atoms with Crippen LogP contribution in [0.3, 0.4) is 0 Å². The van der Waals surface area contributed by atoms with Gasteiger partial charge >= 0.3 is 5.97 Å². The fourth-order valence-corrected chi connectivity index (χ4v) is 2.76. The number of carboxylic acid groups (broad SMARTS) is 1. The number of hydrogen-bond acceptors (Lipinski definition) is 4. The second kappa shape index (κ2) is 6.41. The summed E-state index contributed by atoms with van der Waals surface area (Å²) in [4.78, 5) is 34.3. The van der Waals surface area contributed by atoms with Crippen LogP contribution in [0.2, 0.25) is 0 Å². The number of Topliss-reactive ketones (excluding diaryl/α,β-unsaturated/α-hetero) is 2. The molecule has 21 heavy (non-hydrogen) atoms. The summed E-state index contributed by atoms with van der Waals surface area (Å²) in [6, 6.07) is 9.42. The molecule has 0 amide bonds. The van der Waals surface area contributed by atoms with E-state index in [0.29, 0.717) is 11.3 Å². The smallest absolute Gasteiger partial charge is 0.372 e. The lowest BCUT2D eigenvalue weighted by molar-refractivity contribution is -0.148. The third-order valence-electron chi connectivity index (χ3n) is 2.76. The minimum Gasteiger partial charge on any atom is -0.475 e. The zero-order chi connectivity index (χ0) is 15.4. The molecule has 1 N–H and O–H groups in total. The quantitative estimate of drug-likeness (QED) is 0.506. The minimum absolute atomic E-state index is 0.326. The molecule has 1 aromatic carbocycles. The summed E-state index contributed by atoms with van der Waals surface area (Å²) in [5, 5.41) is 8.47. The molecule has 0 spiro atoms. The van der Waals surface area contributed by atoms with Crippen molar-refractivity contribution in [2.75, 3.05) is 0 Å². The molecule has 0 aliphatic carbocycles. The minimum atomic E-state index is -1.61. The first-order valence-electron chi connectivity index (χ1n) is 6.08. The van der Waals surface area contributed by atoms with Crippen LogP contribution in [-0.4, -0.2) is 22.6 Å². The highest BCUT2D eigenvalue weighted by atomic mass is 32.1. The predicted octanol–water partition coefficient (Wildman–Crippen LogP) is 2.70. The Morgan fingerprint density at radius 3 is 2.57 bits per heavy atom. The fourth-order valence-electron chi connectivity index (χ4n) is 1.78. The molecule has 0 saturated heterocycles. The van der Waals surface area contributed by atoms with Crippen LogP contribution >= 0.6 is 11.3 Å². The molecule has 0 fully saturated rings. The molecule has 0 saturated carbocycles. The number of carboxylic acids is 1. The van der Waals surface area contributed by atoms with E-state index in [1.165, 1.54) is 23.5 Å². The first kappa shape index (κ1) is 15.1. The molecule has 6 heteroatoms. The van der Waals surface area contributed by atoms with E-state index in [1.54, 1.807) is 24.3 Å². The van der Waals surface area contributed by atoms with Crippen molar-refractivity contribution in [1.82, 2.24) is 0 Å². The molecule has 0 radical (unpaired) electrons. The lowest BCUT2D eigenvalue weighted by atomic mass is 10.1. The highest BCUT2D eigenvalue weighted by Gasteiger charge is 2.19. The van der Waals surface area contributed by atoms with E-state index in [0.717, 1.165) is 10.4 Å². The fraction of sp³-hybridized carbons (Fsp3) is 0.133. The van der Waals surface area contributed by atoms with E-state index in [1.807, 2.05) is 0 Å². The van der Waals surface area contributed by atoms with E-state index in [-0.39, 0.29) is 5.82 Å². The van der Waals surface area contributed by atoms with Crippen molar-refractivity contribution >= 4 is 28.9 Å². The van der Waals surface area contributed by atoms with Gasteiger partial charge in [-0.25, -0.2) is 9.18 Å². The molecule has 0 unspecified atom stereocenters. The first-order chi connectivity index (χ1) is 9.95. The van der Waals surface area contributed by atoms with Gasteiger partial charge in [0.1, 0.15) is 5.82 Å². The van der Waals surface area contributed by atoms with Crippen LogP contribution in [0, 0.1) is 5.82 Å². The lowest BCUT2D eigenvalue weighted by Gasteiger charge is -1.98. The number of halogens is 1. The maximum absolute atomic E-state index is 13.1. The molecular weight excluding hydrogens is 295 g/mol. The largest absolute Gasteiger partial charge is 0.475 e. The number of aliphatic carboxylic acids is 1. The second-order valence-electron chi connectivity index (χ2n) is 4.40. The Labute approximate surface area is 123 Å². The van der Waals surface area contributed by atoms with Crippen molar-refractivity contribution in [1.29, 1.82) is 0 Å². The number of thiophene rings is 1. The van der Waals surface area contributed by atoms with E-state index in [9.17, 15) is 18.8 Å². The number of carbonyl (C=O) groups excluding carboxylic acids is 2. The summed E-state index contributed by atoms with van der Waals surface area (Å²) < 4.78 is 13.1. The van der Waals surface area contributed by atoms with E-state index in [2.05, 4.69) is 0 Å². The van der Waals surface area contributed by atoms with Gasteiger partial charge in [0.25, 0.3) is 0 Å². The van der Waals surface area contributed by atoms with Gasteiger partial charge in [-0.2, -0.15) is 0 Å². The van der Waals surface area contributed by atoms with E-state index in [4.69, 9.17) is 5.11 Å². The predicted molar refractivity (Wildman–Crippen MR) is 75.1 cm³/mol. The summed E-state index contributed by atoms with van der Waals surface area (Å²) in [6.07, 6.45) is -0.169. The van der Waals surface area contributed by atoms with Gasteiger partial charge in [-0.05, 0) is 29.8 Å². The van der Waals surface area contributed by atoms with Crippen LogP contribution in [0.4, 0.5) is 4.39 Å². The molecular formula is C15H11FO4S. The molecule has 0 aliphatic rings. The summed E-state index contributed by atoms with van der Waals surface area (Å²) in [7, 11) is 0. The normalized spacial score (nSPS) is 10.3. The van der Waals surface area contributed by atoms with Crippen molar-refractivity contribution in [2.24, 2.45) is 0 Å². The number of carbonyl (C=O) groups is 3. The van der Waals surface area contributed by atoms with Gasteiger partial charge in [0.15, 0.2) is 5.78 Å². The maximum Gasteiger partial charge on any atom is 0.372 e. The van der Waals surface area contributed by atoms with Crippen molar-refractivity contribution in [2.45, 2.75) is 12.8 Å². The zero-order valence-electron chi connectivity index (χ0n) is 10.8. The SMILES string of the molecule is O=C(O)C(=O)CC(=O)c1ccc(Cc2cccc(F)c2)s1. The summed E-state index contributed by atoms with van der Waals surface area (Å²) in [5.41, 5.74) is 0.775. The van der Waals surface area contributed by atoms with Crippen LogP contribution in [0.15, 0.2) is 36.4 Å². The summed E-state index contributed by atoms with van der Waals surface area (Å²) in [6.45, 7) is 0. The molecule has 4 nitrogen and oxygen atoms in total. The van der Waals surface area contributed by atoms with Gasteiger partial charge in [0.05, 0.1) is 11.3 Å². The third kappa shape index (κ3) is 4.06. The highest BCUT2D eigenvalue weighted by Crippen LogP contribution is 2.21. The topological polar surface area (TPSA) is 71.4 Å². The van der Waals surface area contributed by atoms with E-state index < -0.39 is 24.0 Å². The van der Waals surface area contributed by atoms with Gasteiger partial charge in [-0.15, -0.1) is 11.3 Å². The molecule has 108 valence electrons. The van der Waals surface area contributed by atoms with Gasteiger partial charge < -0.3 is 5.11 Å². The van der Waals surface area contributed by atoms with Gasteiger partial charge in [-0.3, -0.25) is 9.59 Å². The Balaban J connectivity index is 2.06. The van der Waals surface area contributed by atoms with Gasteiger partial charge in [0, 0.05) is 11.3 Å². The monoisotopic (exact) mass is 306 g/mol. The Bertz CT molecular complexity index is 705. The number of rotatable bonds is 6. The average Bonchev–Trinajstić information content (AvgIpc) is 2.87. The summed E-state index contributed by atoms with van der Waals surface area (Å²) in [5.74, 6) is -3.58. The Morgan fingerprint density at radius 1 is 1.14 bits per heavy atom. The zero-order valence-corrected chi connectivity index (χ0v) is 11.7. The van der Waals surface area contributed by atoms with Crippen LogP contribution in [0.5, 0.6) is 0 Å². The standard InChI is InChI=1S/C15H11FO4S/c16-10-3-1-2-9(6-10)7-11-4-5-14(21-11)12(17)8-13(18)15(19)20/h1-6H,7-8H2,(H,19,20). The summed E-state index contributed by atoms with van der Waals surface area (Å²) >= 11 is 1.18. The number of benzene rings is 1. The molecule has 1 aromatic heterocycles. The number of hydrogen-bond donors (Lipinski definition) is 1. The van der Waals surface area contributed by atoms with Crippen LogP contribution in [0.1, 0.15) is 26.5 Å². The van der Waals surface area contributed by atoms with Crippen LogP contribution in [-0.2, 0) is 16.0 Å². The van der Waals surface area contributed by atoms with Crippen LogP contribution < -0.4 is 0 Å². The van der Waals surface area contributed by atoms with Crippen molar-refractivity contribution in [3.63, 3.8) is 0 Å². The third-order valence-corrected chi connectivity index (χ3v) is 3.89. The molecule has 0 atom stereocenters. The van der Waals surface area contributed by atoms with E-state index >= 15 is 0 Å². The second-order valence-corrected chi connectivity index (χ2v) is 5.57.